The van der Waals surface area contributed by atoms with Gasteiger partial charge >= 0.3 is 0 Å². The van der Waals surface area contributed by atoms with Gasteiger partial charge in [0.25, 0.3) is 0 Å². The first-order valence-electron chi connectivity index (χ1n) is 6.78. The van der Waals surface area contributed by atoms with Crippen molar-refractivity contribution in [1.29, 1.82) is 0 Å². The maximum Gasteiger partial charge on any atom is 0.241 e. The van der Waals surface area contributed by atoms with Gasteiger partial charge in [-0.1, -0.05) is 31.4 Å². The molecule has 0 bridgehead atoms. The molecule has 1 N–H and O–H groups in total. The lowest BCUT2D eigenvalue weighted by Gasteiger charge is -2.35. The predicted molar refractivity (Wildman–Crippen MR) is 88.7 cm³/mol. The maximum atomic E-state index is 12.4. The van der Waals surface area contributed by atoms with Crippen LogP contribution in [0.15, 0.2) is 33.6 Å². The van der Waals surface area contributed by atoms with E-state index in [1.54, 1.807) is 30.0 Å². The van der Waals surface area contributed by atoms with Gasteiger partial charge in [0.15, 0.2) is 0 Å². The normalized spacial score (nSPS) is 18.9. The van der Waals surface area contributed by atoms with Gasteiger partial charge in [0.1, 0.15) is 0 Å². The molecular weight excluding hydrogens is 358 g/mol. The van der Waals surface area contributed by atoms with Crippen molar-refractivity contribution >= 4 is 37.7 Å². The fourth-order valence-electron chi connectivity index (χ4n) is 2.62. The number of nitrogens with one attached hydrogen (secondary N) is 1. The molecule has 20 heavy (non-hydrogen) atoms. The van der Waals surface area contributed by atoms with Crippen molar-refractivity contribution in [2.75, 3.05) is 12.8 Å². The highest BCUT2D eigenvalue weighted by atomic mass is 79.9. The number of benzene rings is 1. The van der Waals surface area contributed by atoms with Gasteiger partial charge in [-0.05, 0) is 47.2 Å². The second kappa shape index (κ2) is 6.81. The van der Waals surface area contributed by atoms with E-state index in [0.29, 0.717) is 15.9 Å². The number of halogens is 1. The summed E-state index contributed by atoms with van der Waals surface area (Å²) in [6, 6.07) is 6.93. The Balaban J connectivity index is 2.11. The largest absolute Gasteiger partial charge is 0.241 e. The smallest absolute Gasteiger partial charge is 0.210 e. The van der Waals surface area contributed by atoms with Crippen LogP contribution in [0.2, 0.25) is 0 Å². The van der Waals surface area contributed by atoms with Gasteiger partial charge in [0.2, 0.25) is 10.0 Å². The van der Waals surface area contributed by atoms with Crippen molar-refractivity contribution in [3.8, 4) is 0 Å². The molecule has 2 rings (SSSR count). The van der Waals surface area contributed by atoms with E-state index in [2.05, 4.69) is 26.9 Å². The van der Waals surface area contributed by atoms with Crippen molar-refractivity contribution in [2.45, 2.75) is 41.7 Å². The van der Waals surface area contributed by atoms with Crippen LogP contribution < -0.4 is 4.72 Å². The van der Waals surface area contributed by atoms with Crippen LogP contribution in [0, 0.1) is 0 Å². The number of rotatable bonds is 5. The number of hydrogen-bond donors (Lipinski definition) is 1. The zero-order chi connectivity index (χ0) is 14.6. The SMILES string of the molecule is CSC1(CNS(=O)(=O)c2ccccc2Br)CCCCC1. The van der Waals surface area contributed by atoms with Crippen LogP contribution in [-0.4, -0.2) is 26.0 Å². The topological polar surface area (TPSA) is 46.2 Å². The summed E-state index contributed by atoms with van der Waals surface area (Å²) in [5.41, 5.74) is 0. The Kier molecular flexibility index (Phi) is 5.56. The summed E-state index contributed by atoms with van der Waals surface area (Å²) in [7, 11) is -3.45. The highest BCUT2D eigenvalue weighted by Gasteiger charge is 2.32. The molecule has 3 nitrogen and oxygen atoms in total. The van der Waals surface area contributed by atoms with Crippen LogP contribution in [0.5, 0.6) is 0 Å². The van der Waals surface area contributed by atoms with E-state index in [4.69, 9.17) is 0 Å². The molecular formula is C14H20BrNO2S2. The summed E-state index contributed by atoms with van der Waals surface area (Å²) < 4.78 is 28.3. The first-order chi connectivity index (χ1) is 9.49. The Morgan fingerprint density at radius 2 is 1.90 bits per heavy atom. The Labute approximate surface area is 134 Å². The molecule has 1 saturated carbocycles. The van der Waals surface area contributed by atoms with Crippen molar-refractivity contribution in [3.05, 3.63) is 28.7 Å². The summed E-state index contributed by atoms with van der Waals surface area (Å²) in [5.74, 6) is 0. The van der Waals surface area contributed by atoms with Crippen LogP contribution >= 0.6 is 27.7 Å². The molecule has 0 heterocycles. The zero-order valence-electron chi connectivity index (χ0n) is 11.6. The van der Waals surface area contributed by atoms with E-state index in [1.165, 1.54) is 19.3 Å². The average molecular weight is 378 g/mol. The molecule has 0 amide bonds. The second-order valence-corrected chi connectivity index (χ2v) is 9.07. The van der Waals surface area contributed by atoms with Gasteiger partial charge < -0.3 is 0 Å². The highest BCUT2D eigenvalue weighted by Crippen LogP contribution is 2.38. The van der Waals surface area contributed by atoms with Crippen molar-refractivity contribution in [3.63, 3.8) is 0 Å². The molecule has 1 aromatic rings. The fourth-order valence-corrected chi connectivity index (χ4v) is 5.75. The van der Waals surface area contributed by atoms with Crippen LogP contribution in [0.4, 0.5) is 0 Å². The first kappa shape index (κ1) is 16.3. The molecule has 1 aliphatic carbocycles. The average Bonchev–Trinajstić information content (AvgIpc) is 2.47. The summed E-state index contributed by atoms with van der Waals surface area (Å²) in [4.78, 5) is 0.312. The van der Waals surface area contributed by atoms with Crippen LogP contribution in [0.3, 0.4) is 0 Å². The molecule has 6 heteroatoms. The quantitative estimate of drug-likeness (QED) is 0.848. The van der Waals surface area contributed by atoms with E-state index < -0.39 is 10.0 Å². The van der Waals surface area contributed by atoms with E-state index in [-0.39, 0.29) is 4.75 Å². The van der Waals surface area contributed by atoms with Gasteiger partial charge in [0, 0.05) is 15.8 Å². The Bertz CT molecular complexity index is 554. The van der Waals surface area contributed by atoms with E-state index >= 15 is 0 Å². The van der Waals surface area contributed by atoms with Gasteiger partial charge in [-0.15, -0.1) is 0 Å². The summed E-state index contributed by atoms with van der Waals surface area (Å²) >= 11 is 5.10. The van der Waals surface area contributed by atoms with Crippen molar-refractivity contribution in [2.24, 2.45) is 0 Å². The minimum absolute atomic E-state index is 0.0621. The molecule has 1 fully saturated rings. The molecule has 0 aromatic heterocycles. The molecule has 0 atom stereocenters. The van der Waals surface area contributed by atoms with Crippen molar-refractivity contribution in [1.82, 2.24) is 4.72 Å². The first-order valence-corrected chi connectivity index (χ1v) is 10.3. The van der Waals surface area contributed by atoms with Gasteiger partial charge in [-0.2, -0.15) is 11.8 Å². The van der Waals surface area contributed by atoms with Crippen LogP contribution in [0.25, 0.3) is 0 Å². The lowest BCUT2D eigenvalue weighted by atomic mass is 9.88. The van der Waals surface area contributed by atoms with Gasteiger partial charge in [-0.25, -0.2) is 13.1 Å². The minimum atomic E-state index is -3.45. The Morgan fingerprint density at radius 3 is 2.50 bits per heavy atom. The number of sulfonamides is 1. The molecule has 0 unspecified atom stereocenters. The monoisotopic (exact) mass is 377 g/mol. The maximum absolute atomic E-state index is 12.4. The summed E-state index contributed by atoms with van der Waals surface area (Å²) in [6.45, 7) is 0.512. The van der Waals surface area contributed by atoms with Crippen molar-refractivity contribution < 1.29 is 8.42 Å². The van der Waals surface area contributed by atoms with E-state index in [0.717, 1.165) is 12.8 Å². The summed E-state index contributed by atoms with van der Waals surface area (Å²) in [6.07, 6.45) is 7.91. The standard InChI is InChI=1S/C14H20BrNO2S2/c1-19-14(9-5-2-6-10-14)11-16-20(17,18)13-8-4-3-7-12(13)15/h3-4,7-8,16H,2,5-6,9-11H2,1H3. The molecule has 1 aromatic carbocycles. The number of hydrogen-bond acceptors (Lipinski definition) is 3. The molecule has 0 spiro atoms. The fraction of sp³-hybridized carbons (Fsp3) is 0.571. The molecule has 0 radical (unpaired) electrons. The lowest BCUT2D eigenvalue weighted by Crippen LogP contribution is -2.41. The Morgan fingerprint density at radius 1 is 1.25 bits per heavy atom. The van der Waals surface area contributed by atoms with Crippen LogP contribution in [0.1, 0.15) is 32.1 Å². The number of thioether (sulfide) groups is 1. The predicted octanol–water partition coefficient (Wildman–Crippen LogP) is 3.79. The summed E-state index contributed by atoms with van der Waals surface area (Å²) in [5, 5.41) is 0. The molecule has 112 valence electrons. The highest BCUT2D eigenvalue weighted by molar-refractivity contribution is 9.10. The second-order valence-electron chi connectivity index (χ2n) is 5.20. The Hall–Kier alpha value is -0.0400. The van der Waals surface area contributed by atoms with Gasteiger partial charge in [0.05, 0.1) is 4.90 Å². The molecule has 1 aliphatic rings. The van der Waals surface area contributed by atoms with Gasteiger partial charge in [-0.3, -0.25) is 0 Å². The zero-order valence-corrected chi connectivity index (χ0v) is 14.8. The van der Waals surface area contributed by atoms with E-state index in [9.17, 15) is 8.42 Å². The van der Waals surface area contributed by atoms with Crippen LogP contribution in [-0.2, 0) is 10.0 Å². The third-order valence-electron chi connectivity index (χ3n) is 3.91. The molecule has 0 saturated heterocycles. The third kappa shape index (κ3) is 3.78. The van der Waals surface area contributed by atoms with E-state index in [1.807, 2.05) is 6.07 Å². The minimum Gasteiger partial charge on any atom is -0.210 e. The third-order valence-corrected chi connectivity index (χ3v) is 7.74. The lowest BCUT2D eigenvalue weighted by molar-refractivity contribution is 0.395. The molecule has 0 aliphatic heterocycles.